The predicted molar refractivity (Wildman–Crippen MR) is 112 cm³/mol. The summed E-state index contributed by atoms with van der Waals surface area (Å²) < 4.78 is 1.67. The van der Waals surface area contributed by atoms with Gasteiger partial charge in [0, 0.05) is 30.5 Å². The molecule has 0 bridgehead atoms. The van der Waals surface area contributed by atoms with Crippen LogP contribution in [0.3, 0.4) is 0 Å². The van der Waals surface area contributed by atoms with Crippen molar-refractivity contribution in [3.8, 4) is 0 Å². The summed E-state index contributed by atoms with van der Waals surface area (Å²) in [6.45, 7) is 1.39. The molecule has 5 nitrogen and oxygen atoms in total. The van der Waals surface area contributed by atoms with Gasteiger partial charge in [-0.05, 0) is 55.4 Å². The number of hydrogen-bond donors (Lipinski definition) is 1. The molecule has 0 spiro atoms. The summed E-state index contributed by atoms with van der Waals surface area (Å²) in [6, 6.07) is 13.4. The molecule has 1 aliphatic carbocycles. The number of hydrogen-bond acceptors (Lipinski definition) is 2. The normalized spacial score (nSPS) is 20.3. The molecule has 1 N–H and O–H groups in total. The quantitative estimate of drug-likeness (QED) is 0.852. The molecule has 2 amide bonds. The van der Waals surface area contributed by atoms with Crippen molar-refractivity contribution in [2.45, 2.75) is 57.5 Å². The number of pyridine rings is 1. The predicted octanol–water partition coefficient (Wildman–Crippen LogP) is 4.47. The molecule has 1 aromatic carbocycles. The van der Waals surface area contributed by atoms with E-state index in [1.54, 1.807) is 22.9 Å². The second kappa shape index (κ2) is 8.63. The van der Waals surface area contributed by atoms with E-state index in [1.165, 1.54) is 32.1 Å². The summed E-state index contributed by atoms with van der Waals surface area (Å²) in [6.07, 6.45) is 10.5. The average molecular weight is 380 g/mol. The molecular formula is C23H29N3O2. The summed E-state index contributed by atoms with van der Waals surface area (Å²) >= 11 is 0. The average Bonchev–Trinajstić information content (AvgIpc) is 3.22. The van der Waals surface area contributed by atoms with Crippen molar-refractivity contribution in [3.05, 3.63) is 64.6 Å². The summed E-state index contributed by atoms with van der Waals surface area (Å²) in [7, 11) is 0. The molecule has 148 valence electrons. The number of aromatic nitrogens is 1. The van der Waals surface area contributed by atoms with Crippen LogP contribution in [0.1, 0.15) is 50.5 Å². The van der Waals surface area contributed by atoms with Crippen molar-refractivity contribution in [2.24, 2.45) is 5.92 Å². The zero-order valence-corrected chi connectivity index (χ0v) is 16.3. The maximum absolute atomic E-state index is 12.9. The SMILES string of the molecule is O=C(Nc1ccc(Cn2ccccc2=O)cc1)N1CCCC1C1CCCCC1. The Bertz CT molecular complexity index is 853. The standard InChI is InChI=1S/C23H29N3O2/c27-22-10-4-5-15-25(22)17-18-11-13-20(14-12-18)24-23(28)26-16-6-9-21(26)19-7-2-1-3-8-19/h4-5,10-15,19,21H,1-3,6-9,16-17H2,(H,24,28). The highest BCUT2D eigenvalue weighted by Crippen LogP contribution is 2.34. The second-order valence-electron chi connectivity index (χ2n) is 8.09. The van der Waals surface area contributed by atoms with Crippen molar-refractivity contribution in [1.29, 1.82) is 0 Å². The van der Waals surface area contributed by atoms with Crippen molar-refractivity contribution in [3.63, 3.8) is 0 Å². The highest BCUT2D eigenvalue weighted by Gasteiger charge is 2.35. The van der Waals surface area contributed by atoms with E-state index in [4.69, 9.17) is 0 Å². The minimum absolute atomic E-state index is 0.0114. The van der Waals surface area contributed by atoms with Gasteiger partial charge in [0.05, 0.1) is 6.54 Å². The Hall–Kier alpha value is -2.56. The summed E-state index contributed by atoms with van der Waals surface area (Å²) in [4.78, 5) is 26.8. The summed E-state index contributed by atoms with van der Waals surface area (Å²) in [5, 5.41) is 3.07. The number of anilines is 1. The van der Waals surface area contributed by atoms with Crippen LogP contribution in [0.15, 0.2) is 53.5 Å². The van der Waals surface area contributed by atoms with Gasteiger partial charge in [-0.25, -0.2) is 4.79 Å². The van der Waals surface area contributed by atoms with Gasteiger partial charge < -0.3 is 14.8 Å². The van der Waals surface area contributed by atoms with E-state index in [1.807, 2.05) is 30.3 Å². The molecule has 0 radical (unpaired) electrons. The van der Waals surface area contributed by atoms with E-state index >= 15 is 0 Å². The fraction of sp³-hybridized carbons (Fsp3) is 0.478. The van der Waals surface area contributed by atoms with Crippen molar-refractivity contribution >= 4 is 11.7 Å². The molecule has 1 saturated heterocycles. The van der Waals surface area contributed by atoms with Gasteiger partial charge >= 0.3 is 6.03 Å². The van der Waals surface area contributed by atoms with Gasteiger partial charge in [0.1, 0.15) is 0 Å². The van der Waals surface area contributed by atoms with Gasteiger partial charge in [-0.2, -0.15) is 0 Å². The van der Waals surface area contributed by atoms with Crippen molar-refractivity contribution in [2.75, 3.05) is 11.9 Å². The summed E-state index contributed by atoms with van der Waals surface area (Å²) in [5.74, 6) is 0.675. The largest absolute Gasteiger partial charge is 0.322 e. The molecule has 2 fully saturated rings. The van der Waals surface area contributed by atoms with E-state index in [9.17, 15) is 9.59 Å². The smallest absolute Gasteiger partial charge is 0.321 e. The molecular weight excluding hydrogens is 350 g/mol. The second-order valence-corrected chi connectivity index (χ2v) is 8.09. The third-order valence-corrected chi connectivity index (χ3v) is 6.21. The Balaban J connectivity index is 1.37. The van der Waals surface area contributed by atoms with Gasteiger partial charge in [0.2, 0.25) is 0 Å². The number of benzene rings is 1. The van der Waals surface area contributed by atoms with Crippen LogP contribution in [-0.4, -0.2) is 28.1 Å². The Morgan fingerprint density at radius 1 is 0.964 bits per heavy atom. The highest BCUT2D eigenvalue weighted by molar-refractivity contribution is 5.89. The fourth-order valence-electron chi connectivity index (χ4n) is 4.73. The van der Waals surface area contributed by atoms with E-state index in [-0.39, 0.29) is 11.6 Å². The first-order chi connectivity index (χ1) is 13.7. The first-order valence-electron chi connectivity index (χ1n) is 10.5. The maximum Gasteiger partial charge on any atom is 0.322 e. The molecule has 1 unspecified atom stereocenters. The number of nitrogens with one attached hydrogen (secondary N) is 1. The minimum Gasteiger partial charge on any atom is -0.321 e. The number of rotatable bonds is 4. The van der Waals surface area contributed by atoms with Gasteiger partial charge in [-0.1, -0.05) is 37.5 Å². The van der Waals surface area contributed by atoms with Gasteiger partial charge in [0.25, 0.3) is 5.56 Å². The fourth-order valence-corrected chi connectivity index (χ4v) is 4.73. The number of nitrogens with zero attached hydrogens (tertiary/aromatic N) is 2. The lowest BCUT2D eigenvalue weighted by Crippen LogP contribution is -2.43. The molecule has 1 saturated carbocycles. The first kappa shape index (κ1) is 18.8. The Morgan fingerprint density at radius 2 is 1.75 bits per heavy atom. The molecule has 5 heteroatoms. The molecule has 1 atom stereocenters. The Labute approximate surface area is 166 Å². The van der Waals surface area contributed by atoms with Gasteiger partial charge in [-0.3, -0.25) is 4.79 Å². The molecule has 2 heterocycles. The number of amides is 2. The van der Waals surface area contributed by atoms with Crippen LogP contribution < -0.4 is 10.9 Å². The van der Waals surface area contributed by atoms with Gasteiger partial charge in [0.15, 0.2) is 0 Å². The van der Waals surface area contributed by atoms with Crippen LogP contribution >= 0.6 is 0 Å². The zero-order valence-electron chi connectivity index (χ0n) is 16.3. The van der Waals surface area contributed by atoms with E-state index in [0.29, 0.717) is 18.5 Å². The van der Waals surface area contributed by atoms with E-state index in [0.717, 1.165) is 30.6 Å². The lowest BCUT2D eigenvalue weighted by molar-refractivity contribution is 0.166. The van der Waals surface area contributed by atoms with Crippen molar-refractivity contribution < 1.29 is 4.79 Å². The van der Waals surface area contributed by atoms with Crippen LogP contribution in [0.2, 0.25) is 0 Å². The Kier molecular flexibility index (Phi) is 5.79. The maximum atomic E-state index is 12.9. The van der Waals surface area contributed by atoms with Crippen LogP contribution in [-0.2, 0) is 6.54 Å². The lowest BCUT2D eigenvalue weighted by Gasteiger charge is -2.34. The minimum atomic E-state index is -0.0114. The third-order valence-electron chi connectivity index (χ3n) is 6.21. The van der Waals surface area contributed by atoms with E-state index < -0.39 is 0 Å². The number of carbonyl (C=O) groups excluding carboxylic acids is 1. The molecule has 1 aromatic heterocycles. The lowest BCUT2D eigenvalue weighted by atomic mass is 9.83. The first-order valence-corrected chi connectivity index (χ1v) is 10.5. The molecule has 4 rings (SSSR count). The van der Waals surface area contributed by atoms with Crippen molar-refractivity contribution in [1.82, 2.24) is 9.47 Å². The number of urea groups is 1. The third kappa shape index (κ3) is 4.29. The molecule has 2 aromatic rings. The van der Waals surface area contributed by atoms with Crippen LogP contribution in [0.25, 0.3) is 0 Å². The molecule has 2 aliphatic rings. The van der Waals surface area contributed by atoms with Crippen LogP contribution in [0.4, 0.5) is 10.5 Å². The topological polar surface area (TPSA) is 54.3 Å². The van der Waals surface area contributed by atoms with Gasteiger partial charge in [-0.15, -0.1) is 0 Å². The zero-order chi connectivity index (χ0) is 19.3. The monoisotopic (exact) mass is 379 g/mol. The number of likely N-dealkylation sites (tertiary alicyclic amines) is 1. The van der Waals surface area contributed by atoms with E-state index in [2.05, 4.69) is 10.2 Å². The molecule has 28 heavy (non-hydrogen) atoms. The number of carbonyl (C=O) groups is 1. The van der Waals surface area contributed by atoms with Crippen LogP contribution in [0.5, 0.6) is 0 Å². The van der Waals surface area contributed by atoms with Crippen LogP contribution in [0, 0.1) is 5.92 Å². The Morgan fingerprint density at radius 3 is 2.50 bits per heavy atom. The summed E-state index contributed by atoms with van der Waals surface area (Å²) in [5.41, 5.74) is 1.83. The molecule has 1 aliphatic heterocycles. The highest BCUT2D eigenvalue weighted by atomic mass is 16.2.